The first-order valence-corrected chi connectivity index (χ1v) is 35.5. The van der Waals surface area contributed by atoms with Gasteiger partial charge in [0, 0.05) is 59.4 Å². The highest BCUT2D eigenvalue weighted by Gasteiger charge is 2.64. The number of hydrogen-bond acceptors (Lipinski definition) is 15. The van der Waals surface area contributed by atoms with Crippen molar-refractivity contribution in [3.05, 3.63) is 193 Å². The van der Waals surface area contributed by atoms with Crippen LogP contribution in [0.15, 0.2) is 182 Å². The Bertz CT molecular complexity index is 3180. The van der Waals surface area contributed by atoms with E-state index in [-0.39, 0.29) is 44.5 Å². The molecule has 4 saturated heterocycles. The van der Waals surface area contributed by atoms with Crippen LogP contribution in [-0.2, 0) is 61.1 Å². The molecule has 6 aromatic carbocycles. The summed E-state index contributed by atoms with van der Waals surface area (Å²) in [7, 11) is -2.00. The Balaban J connectivity index is 0.968. The van der Waals surface area contributed by atoms with E-state index in [1.165, 1.54) is 0 Å². The Morgan fingerprint density at radius 3 is 1.44 bits per heavy atom. The number of methoxy groups -OCH3 is 3. The van der Waals surface area contributed by atoms with Gasteiger partial charge < -0.3 is 56.3 Å². The van der Waals surface area contributed by atoms with Crippen LogP contribution >= 0.6 is 0 Å². The molecular weight excluding hydrogens is 1170 g/mol. The van der Waals surface area contributed by atoms with Gasteiger partial charge in [-0.25, -0.2) is 9.59 Å². The Hall–Kier alpha value is -6.33. The molecular formula is C73H88O15Si2. The third-order valence-electron chi connectivity index (χ3n) is 18.5. The summed E-state index contributed by atoms with van der Waals surface area (Å²) in [5.41, 5.74) is 0.679. The van der Waals surface area contributed by atoms with E-state index in [0.29, 0.717) is 24.0 Å². The normalized spacial score (nSPS) is 25.6. The van der Waals surface area contributed by atoms with Crippen molar-refractivity contribution in [1.29, 1.82) is 0 Å². The molecule has 0 aliphatic carbocycles. The topological polar surface area (TPSA) is 170 Å². The number of esters is 2. The summed E-state index contributed by atoms with van der Waals surface area (Å²) < 4.78 is 74.8. The molecule has 0 N–H and O–H groups in total. The van der Waals surface area contributed by atoms with Crippen LogP contribution in [0.25, 0.3) is 0 Å². The van der Waals surface area contributed by atoms with Crippen LogP contribution in [0.3, 0.4) is 0 Å². The van der Waals surface area contributed by atoms with Crippen LogP contribution in [0.1, 0.15) is 107 Å². The highest BCUT2D eigenvalue weighted by Crippen LogP contribution is 2.49. The van der Waals surface area contributed by atoms with Gasteiger partial charge in [0.1, 0.15) is 55.3 Å². The number of ketones is 1. The van der Waals surface area contributed by atoms with Gasteiger partial charge in [-0.05, 0) is 67.9 Å². The van der Waals surface area contributed by atoms with Crippen molar-refractivity contribution in [2.24, 2.45) is 5.92 Å². The Labute approximate surface area is 532 Å². The van der Waals surface area contributed by atoms with E-state index in [9.17, 15) is 14.4 Å². The van der Waals surface area contributed by atoms with E-state index < -0.39 is 124 Å². The summed E-state index contributed by atoms with van der Waals surface area (Å²) in [6, 6.07) is 59.1. The minimum atomic E-state index is -3.39. The number of hydrogen-bond donors (Lipinski definition) is 0. The van der Waals surface area contributed by atoms with Crippen molar-refractivity contribution >= 4 is 61.4 Å². The molecule has 0 amide bonds. The molecule has 0 bridgehead atoms. The number of ether oxygens (including phenoxy) is 9. The van der Waals surface area contributed by atoms with Crippen molar-refractivity contribution in [2.45, 2.75) is 176 Å². The Morgan fingerprint density at radius 1 is 0.511 bits per heavy atom. The monoisotopic (exact) mass is 1260 g/mol. The number of carbonyl (C=O) groups excluding carboxylic acids is 4. The standard InChI is InChI=1S/C73H88O15Si2/c1-72(2,3)89(54-32-20-12-21-33-54,55-34-22-13-23-35-55)87-66-60(42-43-74)86-68-67(66)85-59-41-40-52(82-65(59)69(68)88-90(73(4,5)6,56-36-24-14-25-37-56)57-38-26-15-27-39-57)44-51(75)45-58-61(47-63(78-7)79-8)84-62(64(58)80-9)46-53(83-71(77)50-30-18-11-19-31-50)48-81-70(76)49-28-16-10-17-29-49/h10-39,43,52-53,58-69H,40-42,44-48H2,1-9H3/t52-,53-,58+,59+,60-,61+,62-,64-,65+,66+,67+,68-,69+/m1/s1. The lowest BCUT2D eigenvalue weighted by atomic mass is 9.85. The van der Waals surface area contributed by atoms with E-state index in [1.54, 1.807) is 82.0 Å². The quantitative estimate of drug-likeness (QED) is 0.0218. The van der Waals surface area contributed by atoms with Gasteiger partial charge in [-0.1, -0.05) is 199 Å². The molecule has 4 heterocycles. The molecule has 4 aliphatic heterocycles. The summed E-state index contributed by atoms with van der Waals surface area (Å²) in [5.74, 6) is -1.75. The molecule has 15 nitrogen and oxygen atoms in total. The number of carbonyl (C=O) groups is 4. The summed E-state index contributed by atoms with van der Waals surface area (Å²) >= 11 is 0. The molecule has 0 radical (unpaired) electrons. The molecule has 6 aromatic rings. The molecule has 478 valence electrons. The lowest BCUT2D eigenvalue weighted by Crippen LogP contribution is -2.73. The van der Waals surface area contributed by atoms with E-state index in [1.807, 2.05) is 24.3 Å². The second kappa shape index (κ2) is 29.5. The first-order chi connectivity index (χ1) is 43.4. The Kier molecular flexibility index (Phi) is 21.8. The number of Topliss-reactive ketones (excluding diaryl/α,β-unsaturated/α-hetero) is 1. The van der Waals surface area contributed by atoms with Crippen LogP contribution in [0.4, 0.5) is 0 Å². The minimum Gasteiger partial charge on any atom is -0.458 e. The highest BCUT2D eigenvalue weighted by molar-refractivity contribution is 7.00. The van der Waals surface area contributed by atoms with E-state index >= 15 is 4.79 Å². The maximum absolute atomic E-state index is 15.1. The zero-order chi connectivity index (χ0) is 63.6. The third kappa shape index (κ3) is 14.3. The fourth-order valence-corrected chi connectivity index (χ4v) is 23.8. The summed E-state index contributed by atoms with van der Waals surface area (Å²) in [6.07, 6.45) is -6.53. The summed E-state index contributed by atoms with van der Waals surface area (Å²) in [4.78, 5) is 55.1. The van der Waals surface area contributed by atoms with Gasteiger partial charge in [0.15, 0.2) is 6.29 Å². The molecule has 0 saturated carbocycles. The molecule has 0 spiro atoms. The van der Waals surface area contributed by atoms with Crippen LogP contribution in [0.5, 0.6) is 0 Å². The van der Waals surface area contributed by atoms with Gasteiger partial charge in [-0.3, -0.25) is 4.79 Å². The number of rotatable bonds is 26. The van der Waals surface area contributed by atoms with Crippen LogP contribution in [-0.4, -0.2) is 148 Å². The van der Waals surface area contributed by atoms with Gasteiger partial charge in [0.2, 0.25) is 0 Å². The van der Waals surface area contributed by atoms with Crippen molar-refractivity contribution in [1.82, 2.24) is 0 Å². The highest BCUT2D eigenvalue weighted by atomic mass is 28.4. The lowest BCUT2D eigenvalue weighted by Gasteiger charge is -2.53. The molecule has 0 aromatic heterocycles. The van der Waals surface area contributed by atoms with Crippen molar-refractivity contribution < 1.29 is 70.7 Å². The third-order valence-corrected chi connectivity index (χ3v) is 28.6. The van der Waals surface area contributed by atoms with Gasteiger partial charge in [0.25, 0.3) is 16.6 Å². The zero-order valence-electron chi connectivity index (χ0n) is 53.3. The maximum atomic E-state index is 15.1. The smallest absolute Gasteiger partial charge is 0.338 e. The van der Waals surface area contributed by atoms with Crippen molar-refractivity contribution in [3.8, 4) is 0 Å². The largest absolute Gasteiger partial charge is 0.458 e. The zero-order valence-corrected chi connectivity index (χ0v) is 55.3. The molecule has 10 rings (SSSR count). The van der Waals surface area contributed by atoms with Gasteiger partial charge in [0.05, 0.1) is 47.8 Å². The van der Waals surface area contributed by atoms with Gasteiger partial charge >= 0.3 is 11.9 Å². The van der Waals surface area contributed by atoms with Gasteiger partial charge in [-0.15, -0.1) is 0 Å². The average molecular weight is 1260 g/mol. The predicted molar refractivity (Wildman–Crippen MR) is 347 cm³/mol. The summed E-state index contributed by atoms with van der Waals surface area (Å²) in [6.45, 7) is 13.2. The molecule has 90 heavy (non-hydrogen) atoms. The Morgan fingerprint density at radius 2 is 0.978 bits per heavy atom. The van der Waals surface area contributed by atoms with Crippen molar-refractivity contribution in [2.75, 3.05) is 27.9 Å². The lowest BCUT2D eigenvalue weighted by molar-refractivity contribution is -0.254. The number of aldehydes is 1. The predicted octanol–water partition coefficient (Wildman–Crippen LogP) is 9.78. The van der Waals surface area contributed by atoms with E-state index in [4.69, 9.17) is 51.5 Å². The number of benzene rings is 6. The molecule has 4 fully saturated rings. The second-order valence-electron chi connectivity index (χ2n) is 26.2. The van der Waals surface area contributed by atoms with Gasteiger partial charge in [-0.2, -0.15) is 0 Å². The van der Waals surface area contributed by atoms with Crippen LogP contribution in [0, 0.1) is 5.92 Å². The van der Waals surface area contributed by atoms with E-state index in [0.717, 1.165) is 27.0 Å². The molecule has 0 unspecified atom stereocenters. The van der Waals surface area contributed by atoms with E-state index in [2.05, 4.69) is 139 Å². The van der Waals surface area contributed by atoms with Crippen LogP contribution in [0.2, 0.25) is 10.1 Å². The summed E-state index contributed by atoms with van der Waals surface area (Å²) in [5, 5.41) is 3.48. The molecule has 4 aliphatic rings. The average Bonchev–Trinajstić information content (AvgIpc) is 1.31. The number of fused-ring (bicyclic) bond motifs is 2. The molecule has 17 heteroatoms. The van der Waals surface area contributed by atoms with Crippen LogP contribution < -0.4 is 20.7 Å². The van der Waals surface area contributed by atoms with Crippen molar-refractivity contribution in [3.63, 3.8) is 0 Å². The maximum Gasteiger partial charge on any atom is 0.338 e. The fraction of sp³-hybridized carbons (Fsp3) is 0.452. The first kappa shape index (κ1) is 66.6. The molecule has 13 atom stereocenters. The SMILES string of the molecule is COC(C[C@@H]1O[C@H](C[C@H](COC(=O)c2ccccc2)OC(=O)c2ccccc2)[C@H](OC)[C@H]1CC(=O)C[C@H]1CC[C@@H]2O[C@@H]3[C@@H](O[C@H](CC=O)[C@@H]3O[Si](c3ccccc3)(c3ccccc3)C(C)(C)C)[C@@H](O[Si](c3ccccc3)(c3ccccc3)C(C)(C)C)[C@H]2O1)OC. The minimum absolute atomic E-state index is 0.0478. The second-order valence-corrected chi connectivity index (χ2v) is 34.7. The fourth-order valence-electron chi connectivity index (χ4n) is 14.4. The first-order valence-electron chi connectivity index (χ1n) is 31.6.